The number of thiazole rings is 1. The zero-order chi connectivity index (χ0) is 17.6. The summed E-state index contributed by atoms with van der Waals surface area (Å²) in [4.78, 5) is 29.4. The van der Waals surface area contributed by atoms with Crippen LogP contribution in [0.1, 0.15) is 24.8 Å². The van der Waals surface area contributed by atoms with E-state index in [1.807, 2.05) is 36.6 Å². The van der Waals surface area contributed by atoms with Crippen LogP contribution in [0.15, 0.2) is 29.6 Å². The molecule has 0 bridgehead atoms. The largest absolute Gasteiger partial charge is 0.448 e. The van der Waals surface area contributed by atoms with Gasteiger partial charge >= 0.3 is 6.09 Å². The molecule has 1 aromatic carbocycles. The van der Waals surface area contributed by atoms with Gasteiger partial charge in [-0.1, -0.05) is 19.1 Å². The molecule has 1 N–H and O–H groups in total. The third-order valence-electron chi connectivity index (χ3n) is 3.93. The SMILES string of the molecule is CCCC(=O)Nc1ccc(-c2csc(CCN3CCOC3=O)n2)cc1. The van der Waals surface area contributed by atoms with E-state index in [0.717, 1.165) is 34.8 Å². The lowest BCUT2D eigenvalue weighted by atomic mass is 10.1. The molecule has 2 aromatic rings. The van der Waals surface area contributed by atoms with E-state index >= 15 is 0 Å². The van der Waals surface area contributed by atoms with Crippen LogP contribution in [0.25, 0.3) is 11.3 Å². The summed E-state index contributed by atoms with van der Waals surface area (Å²) in [6.45, 7) is 3.74. The van der Waals surface area contributed by atoms with Crippen molar-refractivity contribution in [3.05, 3.63) is 34.7 Å². The van der Waals surface area contributed by atoms with E-state index in [0.29, 0.717) is 26.1 Å². The fraction of sp³-hybridized carbons (Fsp3) is 0.389. The van der Waals surface area contributed by atoms with E-state index in [-0.39, 0.29) is 12.0 Å². The number of carbonyl (C=O) groups excluding carboxylic acids is 2. The first-order valence-corrected chi connectivity index (χ1v) is 9.30. The van der Waals surface area contributed by atoms with Crippen molar-refractivity contribution >= 4 is 29.0 Å². The number of rotatable bonds is 7. The number of amides is 2. The second-order valence-corrected chi connectivity index (χ2v) is 6.80. The van der Waals surface area contributed by atoms with Crippen LogP contribution in [0.4, 0.5) is 10.5 Å². The summed E-state index contributed by atoms with van der Waals surface area (Å²) >= 11 is 1.59. The Hall–Kier alpha value is -2.41. The molecule has 1 saturated heterocycles. The highest BCUT2D eigenvalue weighted by molar-refractivity contribution is 7.09. The molecule has 1 aliphatic rings. The van der Waals surface area contributed by atoms with Gasteiger partial charge in [-0.2, -0.15) is 0 Å². The van der Waals surface area contributed by atoms with Crippen LogP contribution in [0, 0.1) is 0 Å². The van der Waals surface area contributed by atoms with Crippen LogP contribution in [-0.4, -0.2) is 41.6 Å². The van der Waals surface area contributed by atoms with Crippen molar-refractivity contribution in [2.24, 2.45) is 0 Å². The van der Waals surface area contributed by atoms with Crippen LogP contribution in [0.3, 0.4) is 0 Å². The number of cyclic esters (lactones) is 1. The van der Waals surface area contributed by atoms with Gasteiger partial charge in [0.25, 0.3) is 0 Å². The lowest BCUT2D eigenvalue weighted by Crippen LogP contribution is -2.26. The number of carbonyl (C=O) groups is 2. The maximum atomic E-state index is 11.6. The highest BCUT2D eigenvalue weighted by atomic mass is 32.1. The van der Waals surface area contributed by atoms with Gasteiger partial charge in [-0.25, -0.2) is 9.78 Å². The molecule has 0 unspecified atom stereocenters. The number of benzene rings is 1. The Bertz CT molecular complexity index is 742. The molecule has 0 radical (unpaired) electrons. The first kappa shape index (κ1) is 17.4. The van der Waals surface area contributed by atoms with E-state index in [4.69, 9.17) is 4.74 Å². The lowest BCUT2D eigenvalue weighted by molar-refractivity contribution is -0.116. The molecule has 132 valence electrons. The van der Waals surface area contributed by atoms with E-state index in [1.54, 1.807) is 16.2 Å². The van der Waals surface area contributed by atoms with Crippen molar-refractivity contribution in [2.75, 3.05) is 25.0 Å². The van der Waals surface area contributed by atoms with Gasteiger partial charge in [-0.15, -0.1) is 11.3 Å². The average molecular weight is 359 g/mol. The van der Waals surface area contributed by atoms with Crippen LogP contribution in [0.2, 0.25) is 0 Å². The summed E-state index contributed by atoms with van der Waals surface area (Å²) in [5.74, 6) is 0.0339. The van der Waals surface area contributed by atoms with E-state index < -0.39 is 0 Å². The molecular weight excluding hydrogens is 338 g/mol. The smallest absolute Gasteiger partial charge is 0.409 e. The molecule has 25 heavy (non-hydrogen) atoms. The van der Waals surface area contributed by atoms with Gasteiger partial charge < -0.3 is 15.0 Å². The number of aromatic nitrogens is 1. The predicted octanol–water partition coefficient (Wildman–Crippen LogP) is 3.54. The molecule has 0 saturated carbocycles. The third-order valence-corrected chi connectivity index (χ3v) is 4.84. The summed E-state index contributed by atoms with van der Waals surface area (Å²) in [5.41, 5.74) is 2.72. The van der Waals surface area contributed by atoms with Gasteiger partial charge in [0, 0.05) is 36.0 Å². The lowest BCUT2D eigenvalue weighted by Gasteiger charge is -2.10. The van der Waals surface area contributed by atoms with Crippen molar-refractivity contribution in [2.45, 2.75) is 26.2 Å². The standard InChI is InChI=1S/C18H21N3O3S/c1-2-3-16(22)19-14-6-4-13(5-7-14)15-12-25-17(20-15)8-9-21-10-11-24-18(21)23/h4-7,12H,2-3,8-11H2,1H3,(H,19,22). The maximum Gasteiger partial charge on any atom is 0.409 e. The molecule has 0 atom stereocenters. The number of hydrogen-bond donors (Lipinski definition) is 1. The number of anilines is 1. The van der Waals surface area contributed by atoms with E-state index in [1.165, 1.54) is 0 Å². The first-order chi connectivity index (χ1) is 12.2. The number of hydrogen-bond acceptors (Lipinski definition) is 5. The summed E-state index contributed by atoms with van der Waals surface area (Å²) < 4.78 is 4.92. The Labute approximate surface area is 150 Å². The van der Waals surface area contributed by atoms with Crippen molar-refractivity contribution in [3.8, 4) is 11.3 Å². The van der Waals surface area contributed by atoms with Gasteiger partial charge in [0.05, 0.1) is 17.2 Å². The highest BCUT2D eigenvalue weighted by Gasteiger charge is 2.21. The number of nitrogens with one attached hydrogen (secondary N) is 1. The Kier molecular flexibility index (Phi) is 5.65. The quantitative estimate of drug-likeness (QED) is 0.821. The number of nitrogens with zero attached hydrogens (tertiary/aromatic N) is 2. The Morgan fingerprint density at radius 3 is 2.84 bits per heavy atom. The second kappa shape index (κ2) is 8.11. The minimum atomic E-state index is -0.238. The van der Waals surface area contributed by atoms with Crippen LogP contribution >= 0.6 is 11.3 Å². The molecule has 1 fully saturated rings. The zero-order valence-corrected chi connectivity index (χ0v) is 15.0. The zero-order valence-electron chi connectivity index (χ0n) is 14.2. The molecule has 6 nitrogen and oxygen atoms in total. The molecule has 1 aliphatic heterocycles. The molecule has 3 rings (SSSR count). The van der Waals surface area contributed by atoms with E-state index in [9.17, 15) is 9.59 Å². The molecule has 1 aromatic heterocycles. The van der Waals surface area contributed by atoms with E-state index in [2.05, 4.69) is 10.3 Å². The van der Waals surface area contributed by atoms with Crippen LogP contribution < -0.4 is 5.32 Å². The fourth-order valence-electron chi connectivity index (χ4n) is 2.59. The van der Waals surface area contributed by atoms with Crippen molar-refractivity contribution < 1.29 is 14.3 Å². The molecule has 2 heterocycles. The third kappa shape index (κ3) is 4.57. The minimum Gasteiger partial charge on any atom is -0.448 e. The maximum absolute atomic E-state index is 11.6. The number of ether oxygens (including phenoxy) is 1. The van der Waals surface area contributed by atoms with Crippen molar-refractivity contribution in [1.29, 1.82) is 0 Å². The normalized spacial score (nSPS) is 13.8. The van der Waals surface area contributed by atoms with Gasteiger partial charge in [0.15, 0.2) is 0 Å². The first-order valence-electron chi connectivity index (χ1n) is 8.42. The van der Waals surface area contributed by atoms with Crippen molar-refractivity contribution in [3.63, 3.8) is 0 Å². The molecule has 2 amide bonds. The predicted molar refractivity (Wildman–Crippen MR) is 97.7 cm³/mol. The summed E-state index contributed by atoms with van der Waals surface area (Å²) in [6, 6.07) is 7.70. The van der Waals surface area contributed by atoms with Gasteiger partial charge in [0.2, 0.25) is 5.91 Å². The monoisotopic (exact) mass is 359 g/mol. The average Bonchev–Trinajstić information content (AvgIpc) is 3.23. The molecule has 7 heteroatoms. The summed E-state index contributed by atoms with van der Waals surface area (Å²) in [7, 11) is 0. The highest BCUT2D eigenvalue weighted by Crippen LogP contribution is 2.24. The Balaban J connectivity index is 1.58. The fourth-order valence-corrected chi connectivity index (χ4v) is 3.39. The second-order valence-electron chi connectivity index (χ2n) is 5.85. The molecule has 0 aliphatic carbocycles. The Morgan fingerprint density at radius 1 is 1.36 bits per heavy atom. The Morgan fingerprint density at radius 2 is 2.16 bits per heavy atom. The topological polar surface area (TPSA) is 71.5 Å². The van der Waals surface area contributed by atoms with Gasteiger partial charge in [-0.3, -0.25) is 4.79 Å². The van der Waals surface area contributed by atoms with Gasteiger partial charge in [0.1, 0.15) is 6.61 Å². The molecular formula is C18H21N3O3S. The van der Waals surface area contributed by atoms with Gasteiger partial charge in [-0.05, 0) is 18.6 Å². The minimum absolute atomic E-state index is 0.0339. The van der Waals surface area contributed by atoms with Crippen LogP contribution in [0.5, 0.6) is 0 Å². The summed E-state index contributed by atoms with van der Waals surface area (Å²) in [6.07, 6.45) is 1.85. The molecule has 0 spiro atoms. The summed E-state index contributed by atoms with van der Waals surface area (Å²) in [5, 5.41) is 5.89. The van der Waals surface area contributed by atoms with Crippen molar-refractivity contribution in [1.82, 2.24) is 9.88 Å². The van der Waals surface area contributed by atoms with Crippen LogP contribution in [-0.2, 0) is 16.0 Å².